The number of rotatable bonds is 12. The predicted molar refractivity (Wildman–Crippen MR) is 254 cm³/mol. The molecular formula is C56H71N3O4. The molecule has 334 valence electrons. The van der Waals surface area contributed by atoms with Crippen LogP contribution in [0.2, 0.25) is 0 Å². The molecule has 7 nitrogen and oxygen atoms in total. The molecule has 0 aromatic heterocycles. The fourth-order valence-corrected chi connectivity index (χ4v) is 8.17. The Morgan fingerprint density at radius 3 is 0.810 bits per heavy atom. The van der Waals surface area contributed by atoms with Gasteiger partial charge in [-0.1, -0.05) is 132 Å². The second-order valence-electron chi connectivity index (χ2n) is 21.6. The Morgan fingerprint density at radius 1 is 0.397 bits per heavy atom. The summed E-state index contributed by atoms with van der Waals surface area (Å²) in [5.41, 5.74) is 11.5. The number of hydrogen-bond donors (Lipinski definition) is 1. The van der Waals surface area contributed by atoms with Gasteiger partial charge in [0.15, 0.2) is 0 Å². The van der Waals surface area contributed by atoms with E-state index in [9.17, 15) is 20.9 Å². The van der Waals surface area contributed by atoms with Gasteiger partial charge in [0.1, 0.15) is 23.0 Å². The van der Waals surface area contributed by atoms with Crippen LogP contribution in [0.15, 0.2) is 48.5 Å². The summed E-state index contributed by atoms with van der Waals surface area (Å²) in [7, 11) is 0. The summed E-state index contributed by atoms with van der Waals surface area (Å²) in [6, 6.07) is 24.8. The van der Waals surface area contributed by atoms with E-state index in [1.165, 1.54) is 5.56 Å². The molecule has 0 spiro atoms. The van der Waals surface area contributed by atoms with Crippen LogP contribution in [0.25, 0.3) is 0 Å². The zero-order valence-corrected chi connectivity index (χ0v) is 40.3. The van der Waals surface area contributed by atoms with E-state index in [4.69, 9.17) is 14.2 Å². The smallest absolute Gasteiger partial charge is 0.126 e. The molecule has 0 aliphatic heterocycles. The molecule has 1 aliphatic rings. The maximum Gasteiger partial charge on any atom is 0.126 e. The Morgan fingerprint density at radius 2 is 0.603 bits per heavy atom. The summed E-state index contributed by atoms with van der Waals surface area (Å²) in [6.07, 6.45) is 4.85. The number of nitriles is 3. The van der Waals surface area contributed by atoms with E-state index in [1.807, 2.05) is 0 Å². The molecule has 0 radical (unpaired) electrons. The van der Waals surface area contributed by atoms with Gasteiger partial charge in [0, 0.05) is 44.9 Å². The zero-order valence-electron chi connectivity index (χ0n) is 40.3. The topological polar surface area (TPSA) is 119 Å². The van der Waals surface area contributed by atoms with Crippen molar-refractivity contribution in [2.24, 2.45) is 0 Å². The lowest BCUT2D eigenvalue weighted by molar-refractivity contribution is 0.302. The maximum atomic E-state index is 12.5. The molecule has 7 heteroatoms. The molecule has 0 unspecified atom stereocenters. The molecule has 4 aromatic rings. The third kappa shape index (κ3) is 12.4. The van der Waals surface area contributed by atoms with Crippen LogP contribution < -0.4 is 14.2 Å². The van der Waals surface area contributed by atoms with Gasteiger partial charge in [0.25, 0.3) is 0 Å². The molecular weight excluding hydrogens is 779 g/mol. The molecule has 1 aliphatic carbocycles. The minimum Gasteiger partial charge on any atom is -0.507 e. The molecule has 0 amide bonds. The number of ether oxygens (including phenoxy) is 3. The molecule has 8 bridgehead atoms. The van der Waals surface area contributed by atoms with Gasteiger partial charge < -0.3 is 19.3 Å². The second kappa shape index (κ2) is 19.9. The third-order valence-electron chi connectivity index (χ3n) is 12.0. The molecule has 63 heavy (non-hydrogen) atoms. The van der Waals surface area contributed by atoms with Gasteiger partial charge in [-0.15, -0.1) is 0 Å². The lowest BCUT2D eigenvalue weighted by atomic mass is 9.79. The number of phenols is 1. The largest absolute Gasteiger partial charge is 0.507 e. The third-order valence-corrected chi connectivity index (χ3v) is 12.0. The Hall–Kier alpha value is -5.45. The molecule has 0 fully saturated rings. The molecule has 0 heterocycles. The number of hydrogen-bond acceptors (Lipinski definition) is 7. The summed E-state index contributed by atoms with van der Waals surface area (Å²) in [4.78, 5) is 0. The minimum absolute atomic E-state index is 0.196. The van der Waals surface area contributed by atoms with E-state index in [-0.39, 0.29) is 27.4 Å². The first-order valence-corrected chi connectivity index (χ1v) is 22.9. The zero-order chi connectivity index (χ0) is 46.3. The minimum atomic E-state index is -0.209. The highest BCUT2D eigenvalue weighted by Crippen LogP contribution is 2.44. The highest BCUT2D eigenvalue weighted by molar-refractivity contribution is 5.59. The first-order valence-electron chi connectivity index (χ1n) is 22.9. The van der Waals surface area contributed by atoms with Crippen molar-refractivity contribution in [1.29, 1.82) is 15.8 Å². The van der Waals surface area contributed by atoms with E-state index in [2.05, 4.69) is 150 Å². The van der Waals surface area contributed by atoms with Crippen LogP contribution in [-0.2, 0) is 47.3 Å². The predicted octanol–water partition coefficient (Wildman–Crippen LogP) is 13.3. The molecule has 0 atom stereocenters. The summed E-state index contributed by atoms with van der Waals surface area (Å²) >= 11 is 0. The van der Waals surface area contributed by atoms with Crippen molar-refractivity contribution >= 4 is 0 Å². The van der Waals surface area contributed by atoms with E-state index in [0.717, 1.165) is 78.4 Å². The highest BCUT2D eigenvalue weighted by atomic mass is 16.5. The van der Waals surface area contributed by atoms with Gasteiger partial charge in [-0.25, -0.2) is 0 Å². The average molecular weight is 850 g/mol. The maximum absolute atomic E-state index is 12.5. The summed E-state index contributed by atoms with van der Waals surface area (Å²) in [6.45, 7) is 27.9. The highest BCUT2D eigenvalue weighted by Gasteiger charge is 2.29. The first kappa shape index (κ1) is 48.6. The summed E-state index contributed by atoms with van der Waals surface area (Å²) < 4.78 is 20.5. The van der Waals surface area contributed by atoms with Crippen molar-refractivity contribution in [3.63, 3.8) is 0 Å². The van der Waals surface area contributed by atoms with Crippen LogP contribution in [0.5, 0.6) is 23.0 Å². The average Bonchev–Trinajstić information content (AvgIpc) is 3.18. The normalized spacial score (nSPS) is 13.1. The summed E-state index contributed by atoms with van der Waals surface area (Å²) in [5.74, 6) is 2.63. The van der Waals surface area contributed by atoms with E-state index in [0.29, 0.717) is 84.0 Å². The number of aromatic hydroxyl groups is 1. The lowest BCUT2D eigenvalue weighted by Crippen LogP contribution is -2.17. The van der Waals surface area contributed by atoms with Crippen LogP contribution in [-0.4, -0.2) is 24.9 Å². The van der Waals surface area contributed by atoms with E-state index in [1.54, 1.807) is 0 Å². The van der Waals surface area contributed by atoms with Crippen molar-refractivity contribution in [2.45, 2.75) is 169 Å². The quantitative estimate of drug-likeness (QED) is 0.124. The Kier molecular flexibility index (Phi) is 15.4. The van der Waals surface area contributed by atoms with Gasteiger partial charge >= 0.3 is 0 Å². The molecule has 4 aromatic carbocycles. The van der Waals surface area contributed by atoms with Gasteiger partial charge in [0.2, 0.25) is 0 Å². The Bertz CT molecular complexity index is 2260. The number of phenolic OH excluding ortho intramolecular Hbond substituents is 1. The monoisotopic (exact) mass is 850 g/mol. The number of benzene rings is 4. The van der Waals surface area contributed by atoms with Gasteiger partial charge in [-0.3, -0.25) is 0 Å². The lowest BCUT2D eigenvalue weighted by Gasteiger charge is -2.29. The number of nitrogens with zero attached hydrogens (tertiary/aromatic N) is 3. The molecule has 1 N–H and O–H groups in total. The van der Waals surface area contributed by atoms with Crippen molar-refractivity contribution in [1.82, 2.24) is 0 Å². The number of unbranched alkanes of at least 4 members (excludes halogenated alkanes) is 3. The van der Waals surface area contributed by atoms with Crippen LogP contribution in [0, 0.1) is 34.0 Å². The van der Waals surface area contributed by atoms with Crippen molar-refractivity contribution in [3.8, 4) is 41.2 Å². The molecule has 0 saturated carbocycles. The fourth-order valence-electron chi connectivity index (χ4n) is 8.17. The van der Waals surface area contributed by atoms with Crippen LogP contribution in [0.4, 0.5) is 0 Å². The summed E-state index contributed by atoms with van der Waals surface area (Å²) in [5, 5.41) is 40.9. The van der Waals surface area contributed by atoms with Crippen LogP contribution in [0.3, 0.4) is 0 Å². The van der Waals surface area contributed by atoms with Crippen molar-refractivity contribution in [2.75, 3.05) is 19.8 Å². The molecule has 0 saturated heterocycles. The van der Waals surface area contributed by atoms with E-state index >= 15 is 0 Å². The first-order chi connectivity index (χ1) is 29.5. The van der Waals surface area contributed by atoms with Gasteiger partial charge in [-0.2, -0.15) is 15.8 Å². The van der Waals surface area contributed by atoms with E-state index < -0.39 is 0 Å². The van der Waals surface area contributed by atoms with Gasteiger partial charge in [-0.05, 0) is 108 Å². The Balaban J connectivity index is 1.96. The van der Waals surface area contributed by atoms with Crippen molar-refractivity contribution in [3.05, 3.63) is 115 Å². The van der Waals surface area contributed by atoms with Gasteiger partial charge in [0.05, 0.1) is 38.0 Å². The van der Waals surface area contributed by atoms with Crippen LogP contribution >= 0.6 is 0 Å². The molecule has 5 rings (SSSR count). The number of fused-ring (bicyclic) bond motifs is 8. The SMILES string of the molecule is CC(C)(C)c1cc2c(O)c(c1)Cc1cc(C(C)(C)C)cc(c1OCCCC#N)Cc1cc(C(C)(C)C)cc(c1OCCCC#N)Cc1cc(C(C)(C)C)cc(c1OCCCC#N)C2. The fraction of sp³-hybridized carbons (Fsp3) is 0.518. The second-order valence-corrected chi connectivity index (χ2v) is 21.6. The standard InChI is InChI=1S/C56H71N3O4/c1-53(2,3)45-29-37-25-39-31-46(54(4,5)6)33-41(50(39)61-22-16-13-19-57)27-43-35-48(56(10,11)12)36-44(52(43)63-24-18-15-21-59)28-42-34-47(55(7,8)9)32-40(26-38(30-45)49(37)60)51(42)62-23-17-14-20-58/h29-36,60H,13-18,22-28H2,1-12H3. The van der Waals surface area contributed by atoms with Crippen LogP contribution in [0.1, 0.15) is 188 Å². The Labute approximate surface area is 379 Å². The van der Waals surface area contributed by atoms with Crippen molar-refractivity contribution < 1.29 is 19.3 Å².